The first-order valence-corrected chi connectivity index (χ1v) is 5.91. The molecule has 0 aliphatic carbocycles. The van der Waals surface area contributed by atoms with Gasteiger partial charge in [-0.2, -0.15) is 0 Å². The van der Waals surface area contributed by atoms with Crippen LogP contribution in [0.1, 0.15) is 12.0 Å². The molecule has 4 nitrogen and oxygen atoms in total. The molecule has 1 aromatic carbocycles. The molecule has 0 radical (unpaired) electrons. The molecule has 18 heavy (non-hydrogen) atoms. The van der Waals surface area contributed by atoms with Crippen molar-refractivity contribution < 1.29 is 14.6 Å². The third kappa shape index (κ3) is 4.39. The molecule has 0 bridgehead atoms. The van der Waals surface area contributed by atoms with E-state index in [0.717, 1.165) is 17.1 Å². The van der Waals surface area contributed by atoms with Gasteiger partial charge in [0.2, 0.25) is 0 Å². The first kappa shape index (κ1) is 14.5. The summed E-state index contributed by atoms with van der Waals surface area (Å²) >= 11 is 0. The van der Waals surface area contributed by atoms with Gasteiger partial charge in [0.25, 0.3) is 0 Å². The standard InChI is InChI=1S/C14H21NO3/c1-4-5-12(16)10-15-9-11-6-7-13(17-2)8-14(11)18-3/h4,6-8,12,15-16H,1,5,9-10H2,2-3H3/t12-/m0/s1. The molecule has 0 aliphatic rings. The van der Waals surface area contributed by atoms with Crippen molar-refractivity contribution in [2.24, 2.45) is 0 Å². The van der Waals surface area contributed by atoms with E-state index in [1.165, 1.54) is 0 Å². The van der Waals surface area contributed by atoms with Crippen molar-refractivity contribution in [3.63, 3.8) is 0 Å². The number of aliphatic hydroxyl groups excluding tert-OH is 1. The second-order valence-electron chi connectivity index (χ2n) is 3.99. The fraction of sp³-hybridized carbons (Fsp3) is 0.429. The van der Waals surface area contributed by atoms with Gasteiger partial charge in [-0.05, 0) is 12.5 Å². The number of benzene rings is 1. The Morgan fingerprint density at radius 3 is 2.78 bits per heavy atom. The first-order chi connectivity index (χ1) is 8.71. The fourth-order valence-electron chi connectivity index (χ4n) is 1.65. The van der Waals surface area contributed by atoms with Gasteiger partial charge in [-0.3, -0.25) is 0 Å². The van der Waals surface area contributed by atoms with Crippen molar-refractivity contribution in [1.82, 2.24) is 5.32 Å². The summed E-state index contributed by atoms with van der Waals surface area (Å²) in [5, 5.41) is 12.7. The van der Waals surface area contributed by atoms with Crippen LogP contribution in [0.2, 0.25) is 0 Å². The number of rotatable bonds is 8. The highest BCUT2D eigenvalue weighted by molar-refractivity contribution is 5.40. The Labute approximate surface area is 108 Å². The molecule has 0 saturated carbocycles. The Morgan fingerprint density at radius 1 is 1.39 bits per heavy atom. The van der Waals surface area contributed by atoms with Crippen LogP contribution in [0, 0.1) is 0 Å². The van der Waals surface area contributed by atoms with Crippen LogP contribution < -0.4 is 14.8 Å². The second-order valence-corrected chi connectivity index (χ2v) is 3.99. The number of ether oxygens (including phenoxy) is 2. The zero-order valence-corrected chi connectivity index (χ0v) is 11.0. The largest absolute Gasteiger partial charge is 0.497 e. The molecule has 4 heteroatoms. The van der Waals surface area contributed by atoms with Crippen LogP contribution in [0.4, 0.5) is 0 Å². The van der Waals surface area contributed by atoms with Crippen LogP contribution >= 0.6 is 0 Å². The molecule has 0 aromatic heterocycles. The van der Waals surface area contributed by atoms with Crippen molar-refractivity contribution in [3.05, 3.63) is 36.4 Å². The predicted molar refractivity (Wildman–Crippen MR) is 72.1 cm³/mol. The van der Waals surface area contributed by atoms with Gasteiger partial charge in [0, 0.05) is 24.7 Å². The van der Waals surface area contributed by atoms with Crippen LogP contribution in [0.3, 0.4) is 0 Å². The Kier molecular flexibility index (Phi) is 6.25. The smallest absolute Gasteiger partial charge is 0.127 e. The second kappa shape index (κ2) is 7.74. The van der Waals surface area contributed by atoms with Gasteiger partial charge in [0.15, 0.2) is 0 Å². The lowest BCUT2D eigenvalue weighted by Crippen LogP contribution is -2.26. The van der Waals surface area contributed by atoms with Gasteiger partial charge < -0.3 is 19.9 Å². The first-order valence-electron chi connectivity index (χ1n) is 5.91. The lowest BCUT2D eigenvalue weighted by atomic mass is 10.2. The van der Waals surface area contributed by atoms with Crippen LogP contribution in [-0.2, 0) is 6.54 Å². The van der Waals surface area contributed by atoms with Gasteiger partial charge in [-0.1, -0.05) is 12.1 Å². The third-order valence-electron chi connectivity index (χ3n) is 2.63. The average molecular weight is 251 g/mol. The number of hydrogen-bond donors (Lipinski definition) is 2. The maximum atomic E-state index is 9.55. The Balaban J connectivity index is 2.53. The summed E-state index contributed by atoms with van der Waals surface area (Å²) in [6.45, 7) is 4.76. The average Bonchev–Trinajstić information content (AvgIpc) is 2.39. The molecule has 1 rings (SSSR count). The maximum absolute atomic E-state index is 9.55. The summed E-state index contributed by atoms with van der Waals surface area (Å²) in [5.41, 5.74) is 1.03. The number of methoxy groups -OCH3 is 2. The van der Waals surface area contributed by atoms with Crippen LogP contribution in [-0.4, -0.2) is 32.0 Å². The van der Waals surface area contributed by atoms with Crippen LogP contribution in [0.15, 0.2) is 30.9 Å². The Bertz CT molecular complexity index is 379. The maximum Gasteiger partial charge on any atom is 0.127 e. The number of nitrogens with one attached hydrogen (secondary N) is 1. The van der Waals surface area contributed by atoms with E-state index in [1.54, 1.807) is 20.3 Å². The summed E-state index contributed by atoms with van der Waals surface area (Å²) in [7, 11) is 3.25. The Morgan fingerprint density at radius 2 is 2.17 bits per heavy atom. The summed E-state index contributed by atoms with van der Waals surface area (Å²) in [5.74, 6) is 1.54. The number of hydrogen-bond acceptors (Lipinski definition) is 4. The SMILES string of the molecule is C=CC[C@H](O)CNCc1ccc(OC)cc1OC. The van der Waals surface area contributed by atoms with E-state index in [1.807, 2.05) is 18.2 Å². The van der Waals surface area contributed by atoms with Gasteiger partial charge in [-0.15, -0.1) is 6.58 Å². The van der Waals surface area contributed by atoms with E-state index >= 15 is 0 Å². The molecule has 0 amide bonds. The summed E-state index contributed by atoms with van der Waals surface area (Å²) in [4.78, 5) is 0. The summed E-state index contributed by atoms with van der Waals surface area (Å²) in [6.07, 6.45) is 1.90. The van der Waals surface area contributed by atoms with Crippen molar-refractivity contribution in [1.29, 1.82) is 0 Å². The molecular formula is C14H21NO3. The zero-order valence-electron chi connectivity index (χ0n) is 11.0. The minimum Gasteiger partial charge on any atom is -0.497 e. The van der Waals surface area contributed by atoms with E-state index in [2.05, 4.69) is 11.9 Å². The molecule has 0 aliphatic heterocycles. The zero-order chi connectivity index (χ0) is 13.4. The molecular weight excluding hydrogens is 230 g/mol. The number of aliphatic hydroxyl groups is 1. The molecule has 1 atom stereocenters. The lowest BCUT2D eigenvalue weighted by Gasteiger charge is -2.13. The van der Waals surface area contributed by atoms with Crippen molar-refractivity contribution in [3.8, 4) is 11.5 Å². The van der Waals surface area contributed by atoms with E-state index < -0.39 is 6.10 Å². The topological polar surface area (TPSA) is 50.7 Å². The molecule has 0 saturated heterocycles. The highest BCUT2D eigenvalue weighted by Gasteiger charge is 2.06. The summed E-state index contributed by atoms with van der Waals surface area (Å²) in [6, 6.07) is 5.68. The van der Waals surface area contributed by atoms with E-state index in [0.29, 0.717) is 19.5 Å². The lowest BCUT2D eigenvalue weighted by molar-refractivity contribution is 0.174. The van der Waals surface area contributed by atoms with Crippen molar-refractivity contribution >= 4 is 0 Å². The van der Waals surface area contributed by atoms with Crippen LogP contribution in [0.5, 0.6) is 11.5 Å². The van der Waals surface area contributed by atoms with Crippen LogP contribution in [0.25, 0.3) is 0 Å². The van der Waals surface area contributed by atoms with Gasteiger partial charge >= 0.3 is 0 Å². The van der Waals surface area contributed by atoms with E-state index in [4.69, 9.17) is 9.47 Å². The molecule has 0 unspecified atom stereocenters. The molecule has 2 N–H and O–H groups in total. The van der Waals surface area contributed by atoms with Gasteiger partial charge in [-0.25, -0.2) is 0 Å². The minimum absolute atomic E-state index is 0.397. The van der Waals surface area contributed by atoms with Crippen molar-refractivity contribution in [2.75, 3.05) is 20.8 Å². The fourth-order valence-corrected chi connectivity index (χ4v) is 1.65. The summed E-state index contributed by atoms with van der Waals surface area (Å²) < 4.78 is 10.4. The highest BCUT2D eigenvalue weighted by atomic mass is 16.5. The monoisotopic (exact) mass is 251 g/mol. The predicted octanol–water partition coefficient (Wildman–Crippen LogP) is 1.73. The quantitative estimate of drug-likeness (QED) is 0.691. The molecule has 0 heterocycles. The molecule has 0 spiro atoms. The van der Waals surface area contributed by atoms with E-state index in [9.17, 15) is 5.11 Å². The van der Waals surface area contributed by atoms with Crippen molar-refractivity contribution in [2.45, 2.75) is 19.1 Å². The van der Waals surface area contributed by atoms with E-state index in [-0.39, 0.29) is 0 Å². The minimum atomic E-state index is -0.397. The normalized spacial score (nSPS) is 11.9. The van der Waals surface area contributed by atoms with Gasteiger partial charge in [0.1, 0.15) is 11.5 Å². The molecule has 1 aromatic rings. The Hall–Kier alpha value is -1.52. The van der Waals surface area contributed by atoms with Gasteiger partial charge in [0.05, 0.1) is 20.3 Å². The third-order valence-corrected chi connectivity index (χ3v) is 2.63. The highest BCUT2D eigenvalue weighted by Crippen LogP contribution is 2.24. The molecule has 100 valence electrons. The molecule has 0 fully saturated rings.